The number of nitrogens with one attached hydrogen (secondary N) is 2. The summed E-state index contributed by atoms with van der Waals surface area (Å²) in [5, 5.41) is 5.70. The molecule has 0 fully saturated rings. The standard InChI is InChI=1S/C14H16N4O2/c1-9(19)18-12-6-10(4-5-13(12)20-3)11-7-14(15-2)17-8-16-11/h4-8H,1-3H3,(H,18,19)(H,15,16,17). The second-order valence-electron chi connectivity index (χ2n) is 4.13. The number of amides is 1. The van der Waals surface area contributed by atoms with Crippen LogP contribution in [0.3, 0.4) is 0 Å². The molecule has 2 aromatic rings. The molecule has 0 aliphatic heterocycles. The summed E-state index contributed by atoms with van der Waals surface area (Å²) in [5.74, 6) is 1.18. The third-order valence-electron chi connectivity index (χ3n) is 2.73. The minimum absolute atomic E-state index is 0.154. The van der Waals surface area contributed by atoms with Gasteiger partial charge in [-0.05, 0) is 18.2 Å². The molecule has 6 nitrogen and oxygen atoms in total. The fourth-order valence-corrected chi connectivity index (χ4v) is 1.81. The van der Waals surface area contributed by atoms with Gasteiger partial charge in [0.2, 0.25) is 5.91 Å². The summed E-state index contributed by atoms with van der Waals surface area (Å²) in [4.78, 5) is 19.5. The number of hydrogen-bond acceptors (Lipinski definition) is 5. The predicted octanol–water partition coefficient (Wildman–Crippen LogP) is 2.15. The lowest BCUT2D eigenvalue weighted by Gasteiger charge is -2.11. The molecular weight excluding hydrogens is 256 g/mol. The van der Waals surface area contributed by atoms with Crippen LogP contribution in [0.1, 0.15) is 6.92 Å². The number of aromatic nitrogens is 2. The molecule has 0 bridgehead atoms. The molecule has 0 spiro atoms. The minimum atomic E-state index is -0.154. The van der Waals surface area contributed by atoms with E-state index in [4.69, 9.17) is 4.74 Å². The van der Waals surface area contributed by atoms with Crippen LogP contribution in [0.5, 0.6) is 5.75 Å². The molecular formula is C14H16N4O2. The fraction of sp³-hybridized carbons (Fsp3) is 0.214. The molecule has 1 aromatic heterocycles. The summed E-state index contributed by atoms with van der Waals surface area (Å²) in [6.07, 6.45) is 1.49. The van der Waals surface area contributed by atoms with Crippen LogP contribution in [0.15, 0.2) is 30.6 Å². The molecule has 104 valence electrons. The SMILES string of the molecule is CNc1cc(-c2ccc(OC)c(NC(C)=O)c2)ncn1. The number of rotatable bonds is 4. The van der Waals surface area contributed by atoms with E-state index in [0.29, 0.717) is 11.4 Å². The van der Waals surface area contributed by atoms with E-state index in [-0.39, 0.29) is 5.91 Å². The number of anilines is 2. The molecule has 1 heterocycles. The van der Waals surface area contributed by atoms with E-state index in [2.05, 4.69) is 20.6 Å². The molecule has 0 atom stereocenters. The Morgan fingerprint density at radius 3 is 2.70 bits per heavy atom. The van der Waals surface area contributed by atoms with E-state index in [9.17, 15) is 4.79 Å². The van der Waals surface area contributed by atoms with Crippen molar-refractivity contribution in [1.29, 1.82) is 0 Å². The number of methoxy groups -OCH3 is 1. The van der Waals surface area contributed by atoms with Crippen LogP contribution in [0, 0.1) is 0 Å². The monoisotopic (exact) mass is 272 g/mol. The third-order valence-corrected chi connectivity index (χ3v) is 2.73. The molecule has 0 aliphatic carbocycles. The van der Waals surface area contributed by atoms with Crippen molar-refractivity contribution in [3.8, 4) is 17.0 Å². The second kappa shape index (κ2) is 6.01. The van der Waals surface area contributed by atoms with E-state index in [1.807, 2.05) is 18.2 Å². The van der Waals surface area contributed by atoms with Crippen LogP contribution in [-0.4, -0.2) is 30.0 Å². The molecule has 20 heavy (non-hydrogen) atoms. The summed E-state index contributed by atoms with van der Waals surface area (Å²) < 4.78 is 5.22. The number of carbonyl (C=O) groups excluding carboxylic acids is 1. The highest BCUT2D eigenvalue weighted by atomic mass is 16.5. The van der Waals surface area contributed by atoms with E-state index >= 15 is 0 Å². The number of benzene rings is 1. The van der Waals surface area contributed by atoms with Crippen LogP contribution in [-0.2, 0) is 4.79 Å². The molecule has 2 rings (SSSR count). The van der Waals surface area contributed by atoms with Crippen molar-refractivity contribution in [3.05, 3.63) is 30.6 Å². The quantitative estimate of drug-likeness (QED) is 0.892. The van der Waals surface area contributed by atoms with Gasteiger partial charge in [-0.1, -0.05) is 0 Å². The Balaban J connectivity index is 2.43. The number of ether oxygens (including phenoxy) is 1. The zero-order valence-electron chi connectivity index (χ0n) is 11.6. The van der Waals surface area contributed by atoms with Gasteiger partial charge in [0.1, 0.15) is 17.9 Å². The smallest absolute Gasteiger partial charge is 0.221 e. The van der Waals surface area contributed by atoms with Crippen LogP contribution < -0.4 is 15.4 Å². The van der Waals surface area contributed by atoms with Crippen molar-refractivity contribution in [1.82, 2.24) is 9.97 Å². The summed E-state index contributed by atoms with van der Waals surface area (Å²) >= 11 is 0. The average molecular weight is 272 g/mol. The van der Waals surface area contributed by atoms with Gasteiger partial charge in [-0.15, -0.1) is 0 Å². The predicted molar refractivity (Wildman–Crippen MR) is 77.9 cm³/mol. The number of carbonyl (C=O) groups is 1. The molecule has 0 unspecified atom stereocenters. The maximum absolute atomic E-state index is 11.2. The van der Waals surface area contributed by atoms with Gasteiger partial charge in [-0.25, -0.2) is 9.97 Å². The van der Waals surface area contributed by atoms with E-state index < -0.39 is 0 Å². The van der Waals surface area contributed by atoms with E-state index in [0.717, 1.165) is 17.1 Å². The van der Waals surface area contributed by atoms with Crippen LogP contribution >= 0.6 is 0 Å². The van der Waals surface area contributed by atoms with Crippen LogP contribution in [0.4, 0.5) is 11.5 Å². The first-order chi connectivity index (χ1) is 9.63. The topological polar surface area (TPSA) is 76.1 Å². The van der Waals surface area contributed by atoms with E-state index in [1.54, 1.807) is 20.2 Å². The Kier molecular flexibility index (Phi) is 4.14. The van der Waals surface area contributed by atoms with Gasteiger partial charge >= 0.3 is 0 Å². The molecule has 6 heteroatoms. The zero-order chi connectivity index (χ0) is 14.5. The molecule has 1 aromatic carbocycles. The Hall–Kier alpha value is -2.63. The first-order valence-electron chi connectivity index (χ1n) is 6.10. The van der Waals surface area contributed by atoms with Gasteiger partial charge in [0.15, 0.2) is 0 Å². The summed E-state index contributed by atoms with van der Waals surface area (Å²) in [7, 11) is 3.35. The number of nitrogens with zero attached hydrogens (tertiary/aromatic N) is 2. The Morgan fingerprint density at radius 2 is 2.05 bits per heavy atom. The molecule has 0 saturated carbocycles. The van der Waals surface area contributed by atoms with Crippen molar-refractivity contribution in [2.75, 3.05) is 24.8 Å². The Morgan fingerprint density at radius 1 is 1.25 bits per heavy atom. The summed E-state index contributed by atoms with van der Waals surface area (Å²) in [5.41, 5.74) is 2.24. The first kappa shape index (κ1) is 13.8. The highest BCUT2D eigenvalue weighted by Gasteiger charge is 2.08. The lowest BCUT2D eigenvalue weighted by Crippen LogP contribution is -2.07. The molecule has 1 amide bonds. The van der Waals surface area contributed by atoms with Crippen molar-refractivity contribution < 1.29 is 9.53 Å². The summed E-state index contributed by atoms with van der Waals surface area (Å²) in [6.45, 7) is 1.45. The Labute approximate surface area is 117 Å². The maximum atomic E-state index is 11.2. The molecule has 0 radical (unpaired) electrons. The van der Waals surface area contributed by atoms with Crippen LogP contribution in [0.2, 0.25) is 0 Å². The van der Waals surface area contributed by atoms with Gasteiger partial charge in [-0.2, -0.15) is 0 Å². The van der Waals surface area contributed by atoms with Gasteiger partial charge < -0.3 is 15.4 Å². The molecule has 2 N–H and O–H groups in total. The lowest BCUT2D eigenvalue weighted by atomic mass is 10.1. The van der Waals surface area contributed by atoms with Crippen molar-refractivity contribution >= 4 is 17.4 Å². The molecule has 0 saturated heterocycles. The summed E-state index contributed by atoms with van der Waals surface area (Å²) in [6, 6.07) is 7.33. The van der Waals surface area contributed by atoms with Crippen molar-refractivity contribution in [2.24, 2.45) is 0 Å². The normalized spacial score (nSPS) is 9.95. The third kappa shape index (κ3) is 3.03. The lowest BCUT2D eigenvalue weighted by molar-refractivity contribution is -0.114. The average Bonchev–Trinajstić information content (AvgIpc) is 2.46. The highest BCUT2D eigenvalue weighted by molar-refractivity contribution is 5.91. The zero-order valence-corrected chi connectivity index (χ0v) is 11.6. The van der Waals surface area contributed by atoms with Crippen molar-refractivity contribution in [3.63, 3.8) is 0 Å². The fourth-order valence-electron chi connectivity index (χ4n) is 1.81. The largest absolute Gasteiger partial charge is 0.495 e. The van der Waals surface area contributed by atoms with Gasteiger partial charge in [-0.3, -0.25) is 4.79 Å². The first-order valence-corrected chi connectivity index (χ1v) is 6.10. The second-order valence-corrected chi connectivity index (χ2v) is 4.13. The highest BCUT2D eigenvalue weighted by Crippen LogP contribution is 2.30. The number of hydrogen-bond donors (Lipinski definition) is 2. The van der Waals surface area contributed by atoms with Crippen molar-refractivity contribution in [2.45, 2.75) is 6.92 Å². The van der Waals surface area contributed by atoms with Gasteiger partial charge in [0, 0.05) is 25.6 Å². The van der Waals surface area contributed by atoms with E-state index in [1.165, 1.54) is 13.3 Å². The van der Waals surface area contributed by atoms with Crippen LogP contribution in [0.25, 0.3) is 11.3 Å². The molecule has 0 aliphatic rings. The maximum Gasteiger partial charge on any atom is 0.221 e. The van der Waals surface area contributed by atoms with Gasteiger partial charge in [0.05, 0.1) is 18.5 Å². The Bertz CT molecular complexity index is 628. The van der Waals surface area contributed by atoms with Gasteiger partial charge in [0.25, 0.3) is 0 Å². The minimum Gasteiger partial charge on any atom is -0.495 e.